The summed E-state index contributed by atoms with van der Waals surface area (Å²) in [5.41, 5.74) is 2.14. The zero-order chi connectivity index (χ0) is 17.9. The lowest BCUT2D eigenvalue weighted by Crippen LogP contribution is -2.46. The standard InChI is InChI=1S/C21H23ClN4/c1-2-25-10-12-26(13-11-25)21-18-9-8-17(22)15-19(18)23-20(24-21)14-16-6-4-3-5-7-16/h3-9,15H,2,10-14H2,1H3. The Bertz CT molecular complexity index is 889. The second-order valence-corrected chi connectivity index (χ2v) is 7.15. The average Bonchev–Trinajstić information content (AvgIpc) is 2.68. The lowest BCUT2D eigenvalue weighted by molar-refractivity contribution is 0.270. The fraction of sp³-hybridized carbons (Fsp3) is 0.333. The van der Waals surface area contributed by atoms with E-state index in [1.165, 1.54) is 5.56 Å². The summed E-state index contributed by atoms with van der Waals surface area (Å²) in [7, 11) is 0. The molecule has 0 unspecified atom stereocenters. The first-order chi connectivity index (χ1) is 12.7. The van der Waals surface area contributed by atoms with E-state index in [4.69, 9.17) is 21.6 Å². The van der Waals surface area contributed by atoms with E-state index in [1.54, 1.807) is 0 Å². The molecule has 1 aliphatic rings. The minimum Gasteiger partial charge on any atom is -0.353 e. The highest BCUT2D eigenvalue weighted by Gasteiger charge is 2.20. The van der Waals surface area contributed by atoms with E-state index in [0.29, 0.717) is 5.02 Å². The molecular weight excluding hydrogens is 344 g/mol. The summed E-state index contributed by atoms with van der Waals surface area (Å²) in [6.45, 7) is 7.46. The minimum atomic E-state index is 0.712. The molecule has 4 rings (SSSR count). The Labute approximate surface area is 159 Å². The van der Waals surface area contributed by atoms with Crippen LogP contribution in [0, 0.1) is 0 Å². The number of hydrogen-bond acceptors (Lipinski definition) is 4. The van der Waals surface area contributed by atoms with E-state index in [-0.39, 0.29) is 0 Å². The summed E-state index contributed by atoms with van der Waals surface area (Å²) in [6.07, 6.45) is 0.727. The van der Waals surface area contributed by atoms with Crippen molar-refractivity contribution in [2.75, 3.05) is 37.6 Å². The number of anilines is 1. The molecule has 134 valence electrons. The van der Waals surface area contributed by atoms with Crippen LogP contribution in [0.5, 0.6) is 0 Å². The molecule has 0 amide bonds. The van der Waals surface area contributed by atoms with Gasteiger partial charge >= 0.3 is 0 Å². The Morgan fingerprint density at radius 2 is 1.73 bits per heavy atom. The number of aromatic nitrogens is 2. The highest BCUT2D eigenvalue weighted by Crippen LogP contribution is 2.27. The van der Waals surface area contributed by atoms with Gasteiger partial charge in [-0.25, -0.2) is 9.97 Å². The maximum Gasteiger partial charge on any atom is 0.140 e. The van der Waals surface area contributed by atoms with Gasteiger partial charge in [-0.15, -0.1) is 0 Å². The summed E-state index contributed by atoms with van der Waals surface area (Å²) in [5.74, 6) is 1.88. The molecule has 4 nitrogen and oxygen atoms in total. The fourth-order valence-corrected chi connectivity index (χ4v) is 3.67. The third-order valence-corrected chi connectivity index (χ3v) is 5.24. The van der Waals surface area contributed by atoms with E-state index in [1.807, 2.05) is 24.3 Å². The number of hydrogen-bond donors (Lipinski definition) is 0. The molecule has 1 aromatic heterocycles. The molecule has 1 fully saturated rings. The van der Waals surface area contributed by atoms with E-state index >= 15 is 0 Å². The Morgan fingerprint density at radius 3 is 2.46 bits per heavy atom. The van der Waals surface area contributed by atoms with Crippen molar-refractivity contribution in [1.82, 2.24) is 14.9 Å². The van der Waals surface area contributed by atoms with Gasteiger partial charge in [0.15, 0.2) is 0 Å². The second kappa shape index (κ2) is 7.60. The van der Waals surface area contributed by atoms with Crippen LogP contribution in [0.15, 0.2) is 48.5 Å². The van der Waals surface area contributed by atoms with Gasteiger partial charge in [0.2, 0.25) is 0 Å². The van der Waals surface area contributed by atoms with Gasteiger partial charge in [0.25, 0.3) is 0 Å². The van der Waals surface area contributed by atoms with Crippen molar-refractivity contribution >= 4 is 28.3 Å². The molecule has 2 aromatic carbocycles. The predicted octanol–water partition coefficient (Wildman–Crippen LogP) is 4.02. The Hall–Kier alpha value is -2.17. The topological polar surface area (TPSA) is 32.3 Å². The molecule has 0 radical (unpaired) electrons. The van der Waals surface area contributed by atoms with Crippen LogP contribution in [-0.2, 0) is 6.42 Å². The summed E-state index contributed by atoms with van der Waals surface area (Å²) in [4.78, 5) is 14.6. The van der Waals surface area contributed by atoms with Crippen LogP contribution in [0.4, 0.5) is 5.82 Å². The molecule has 2 heterocycles. The van der Waals surface area contributed by atoms with Crippen molar-refractivity contribution in [3.8, 4) is 0 Å². The second-order valence-electron chi connectivity index (χ2n) is 6.71. The summed E-state index contributed by atoms with van der Waals surface area (Å²) in [6, 6.07) is 16.3. The van der Waals surface area contributed by atoms with Crippen LogP contribution in [0.1, 0.15) is 18.3 Å². The van der Waals surface area contributed by atoms with Crippen LogP contribution in [0.2, 0.25) is 5.02 Å². The number of rotatable bonds is 4. The highest BCUT2D eigenvalue weighted by molar-refractivity contribution is 6.31. The number of fused-ring (bicyclic) bond motifs is 1. The lowest BCUT2D eigenvalue weighted by atomic mass is 10.1. The van der Waals surface area contributed by atoms with E-state index in [0.717, 1.165) is 61.7 Å². The summed E-state index contributed by atoms with van der Waals surface area (Å²) in [5, 5.41) is 1.79. The van der Waals surface area contributed by atoms with E-state index < -0.39 is 0 Å². The predicted molar refractivity (Wildman–Crippen MR) is 108 cm³/mol. The van der Waals surface area contributed by atoms with Crippen molar-refractivity contribution in [1.29, 1.82) is 0 Å². The smallest absolute Gasteiger partial charge is 0.140 e. The molecule has 0 N–H and O–H groups in total. The molecule has 26 heavy (non-hydrogen) atoms. The number of benzene rings is 2. The molecule has 0 atom stereocenters. The van der Waals surface area contributed by atoms with Crippen LogP contribution < -0.4 is 4.90 Å². The number of likely N-dealkylation sites (N-methyl/N-ethyl adjacent to an activating group) is 1. The van der Waals surface area contributed by atoms with Crippen molar-refractivity contribution < 1.29 is 0 Å². The maximum absolute atomic E-state index is 6.23. The van der Waals surface area contributed by atoms with Gasteiger partial charge in [0, 0.05) is 43.0 Å². The molecule has 0 aliphatic carbocycles. The van der Waals surface area contributed by atoms with Crippen molar-refractivity contribution in [3.05, 3.63) is 64.9 Å². The highest BCUT2D eigenvalue weighted by atomic mass is 35.5. The number of nitrogens with zero attached hydrogens (tertiary/aromatic N) is 4. The van der Waals surface area contributed by atoms with Gasteiger partial charge in [-0.2, -0.15) is 0 Å². The average molecular weight is 367 g/mol. The Kier molecular flexibility index (Phi) is 5.05. The first-order valence-corrected chi connectivity index (χ1v) is 9.58. The maximum atomic E-state index is 6.23. The molecular formula is C21H23ClN4. The largest absolute Gasteiger partial charge is 0.353 e. The molecule has 1 saturated heterocycles. The van der Waals surface area contributed by atoms with Gasteiger partial charge in [0.1, 0.15) is 11.6 Å². The molecule has 0 spiro atoms. The molecule has 1 aliphatic heterocycles. The van der Waals surface area contributed by atoms with Crippen molar-refractivity contribution in [2.45, 2.75) is 13.3 Å². The molecule has 3 aromatic rings. The monoisotopic (exact) mass is 366 g/mol. The van der Waals surface area contributed by atoms with Gasteiger partial charge in [-0.3, -0.25) is 0 Å². The van der Waals surface area contributed by atoms with Crippen LogP contribution in [0.25, 0.3) is 10.9 Å². The zero-order valence-corrected chi connectivity index (χ0v) is 15.8. The third kappa shape index (κ3) is 3.67. The van der Waals surface area contributed by atoms with Gasteiger partial charge < -0.3 is 9.80 Å². The molecule has 5 heteroatoms. The van der Waals surface area contributed by atoms with E-state index in [9.17, 15) is 0 Å². The Balaban J connectivity index is 1.72. The fourth-order valence-electron chi connectivity index (χ4n) is 3.51. The van der Waals surface area contributed by atoms with Gasteiger partial charge in [-0.1, -0.05) is 48.9 Å². The third-order valence-electron chi connectivity index (χ3n) is 5.01. The lowest BCUT2D eigenvalue weighted by Gasteiger charge is -2.35. The van der Waals surface area contributed by atoms with Crippen LogP contribution in [0.3, 0.4) is 0 Å². The number of halogens is 1. The summed E-state index contributed by atoms with van der Waals surface area (Å²) < 4.78 is 0. The minimum absolute atomic E-state index is 0.712. The Morgan fingerprint density at radius 1 is 0.962 bits per heavy atom. The van der Waals surface area contributed by atoms with Crippen molar-refractivity contribution in [2.24, 2.45) is 0 Å². The quantitative estimate of drug-likeness (QED) is 0.698. The van der Waals surface area contributed by atoms with Gasteiger partial charge in [0.05, 0.1) is 5.52 Å². The number of piperazine rings is 1. The summed E-state index contributed by atoms with van der Waals surface area (Å²) >= 11 is 6.23. The molecule has 0 saturated carbocycles. The first-order valence-electron chi connectivity index (χ1n) is 9.20. The SMILES string of the molecule is CCN1CCN(c2nc(Cc3ccccc3)nc3cc(Cl)ccc23)CC1. The van der Waals surface area contributed by atoms with E-state index in [2.05, 4.69) is 41.0 Å². The first kappa shape index (κ1) is 17.3. The van der Waals surface area contributed by atoms with Crippen LogP contribution in [-0.4, -0.2) is 47.6 Å². The van der Waals surface area contributed by atoms with Gasteiger partial charge in [-0.05, 0) is 30.3 Å². The van der Waals surface area contributed by atoms with Crippen molar-refractivity contribution in [3.63, 3.8) is 0 Å². The molecule has 0 bridgehead atoms. The van der Waals surface area contributed by atoms with Crippen LogP contribution >= 0.6 is 11.6 Å². The normalized spacial score (nSPS) is 15.5. The zero-order valence-electron chi connectivity index (χ0n) is 15.0.